The van der Waals surface area contributed by atoms with Crippen molar-refractivity contribution in [3.8, 4) is 11.5 Å². The third kappa shape index (κ3) is 4.17. The molecule has 0 fully saturated rings. The number of para-hydroxylation sites is 1. The van der Waals surface area contributed by atoms with Crippen LogP contribution in [0.25, 0.3) is 23.1 Å². The van der Waals surface area contributed by atoms with Crippen molar-refractivity contribution in [1.82, 2.24) is 4.57 Å². The van der Waals surface area contributed by atoms with Crippen LogP contribution in [0.15, 0.2) is 60.8 Å². The van der Waals surface area contributed by atoms with Crippen molar-refractivity contribution < 1.29 is 9.84 Å². The first-order valence-electron chi connectivity index (χ1n) is 8.93. The maximum absolute atomic E-state index is 9.61. The first-order valence-corrected chi connectivity index (χ1v) is 8.93. The Labute approximate surface area is 154 Å². The highest BCUT2D eigenvalue weighted by Gasteiger charge is 2.02. The third-order valence-corrected chi connectivity index (χ3v) is 4.48. The molecule has 0 bridgehead atoms. The number of hydrogen-bond donors (Lipinski definition) is 1. The molecule has 3 aromatic rings. The largest absolute Gasteiger partial charge is 0.504 e. The summed E-state index contributed by atoms with van der Waals surface area (Å²) < 4.78 is 7.29. The summed E-state index contributed by atoms with van der Waals surface area (Å²) in [5.41, 5.74) is 3.57. The number of nitrogens with zero attached hydrogens (tertiary/aromatic N) is 1. The molecule has 0 amide bonds. The van der Waals surface area contributed by atoms with Gasteiger partial charge in [-0.1, -0.05) is 48.6 Å². The minimum Gasteiger partial charge on any atom is -0.504 e. The van der Waals surface area contributed by atoms with E-state index in [0.29, 0.717) is 5.75 Å². The number of hydrogen-bond acceptors (Lipinski definition) is 2. The van der Waals surface area contributed by atoms with Crippen LogP contribution in [0, 0.1) is 0 Å². The van der Waals surface area contributed by atoms with Crippen molar-refractivity contribution in [2.75, 3.05) is 7.11 Å². The second-order valence-corrected chi connectivity index (χ2v) is 6.38. The lowest BCUT2D eigenvalue weighted by molar-refractivity contribution is 0.373. The van der Waals surface area contributed by atoms with Crippen LogP contribution in [0.3, 0.4) is 0 Å². The van der Waals surface area contributed by atoms with Crippen LogP contribution in [0.5, 0.6) is 11.5 Å². The molecule has 134 valence electrons. The van der Waals surface area contributed by atoms with Gasteiger partial charge >= 0.3 is 0 Å². The fraction of sp³-hybridized carbons (Fsp3) is 0.217. The highest BCUT2D eigenvalue weighted by Crippen LogP contribution is 2.27. The predicted octanol–water partition coefficient (Wildman–Crippen LogP) is 5.79. The van der Waals surface area contributed by atoms with Gasteiger partial charge in [-0.2, -0.15) is 0 Å². The Balaban J connectivity index is 1.50. The van der Waals surface area contributed by atoms with Gasteiger partial charge in [0.05, 0.1) is 7.11 Å². The van der Waals surface area contributed by atoms with E-state index >= 15 is 0 Å². The number of aryl methyl sites for hydroxylation is 1. The number of allylic oxidation sites excluding steroid dienone is 2. The molecule has 0 radical (unpaired) electrons. The summed E-state index contributed by atoms with van der Waals surface area (Å²) in [5, 5.41) is 10.9. The molecule has 0 saturated carbocycles. The monoisotopic (exact) mass is 347 g/mol. The molecular formula is C23H25NO2. The molecule has 2 aromatic carbocycles. The summed E-state index contributed by atoms with van der Waals surface area (Å²) in [6, 6.07) is 13.9. The molecule has 0 unspecified atom stereocenters. The smallest absolute Gasteiger partial charge is 0.161 e. The molecule has 3 rings (SSSR count). The molecule has 0 saturated heterocycles. The number of ether oxygens (including phenoxy) is 1. The van der Waals surface area contributed by atoms with E-state index < -0.39 is 0 Å². The van der Waals surface area contributed by atoms with E-state index in [1.54, 1.807) is 13.2 Å². The molecule has 1 N–H and O–H groups in total. The van der Waals surface area contributed by atoms with Crippen molar-refractivity contribution in [1.29, 1.82) is 0 Å². The number of rotatable bonds is 7. The second kappa shape index (κ2) is 8.43. The number of aromatic nitrogens is 1. The summed E-state index contributed by atoms with van der Waals surface area (Å²) >= 11 is 0. The molecule has 3 heteroatoms. The van der Waals surface area contributed by atoms with Crippen LogP contribution in [0.2, 0.25) is 0 Å². The maximum Gasteiger partial charge on any atom is 0.161 e. The van der Waals surface area contributed by atoms with Crippen LogP contribution in [0.4, 0.5) is 0 Å². The van der Waals surface area contributed by atoms with Gasteiger partial charge in [-0.3, -0.25) is 0 Å². The zero-order chi connectivity index (χ0) is 18.4. The molecule has 3 nitrogen and oxygen atoms in total. The normalized spacial score (nSPS) is 11.8. The fourth-order valence-electron chi connectivity index (χ4n) is 3.09. The zero-order valence-electron chi connectivity index (χ0n) is 15.4. The van der Waals surface area contributed by atoms with E-state index in [0.717, 1.165) is 24.8 Å². The van der Waals surface area contributed by atoms with Crippen molar-refractivity contribution in [2.45, 2.75) is 19.3 Å². The summed E-state index contributed by atoms with van der Waals surface area (Å²) in [6.45, 7) is 0. The Kier molecular flexibility index (Phi) is 5.80. The predicted molar refractivity (Wildman–Crippen MR) is 109 cm³/mol. The fourth-order valence-corrected chi connectivity index (χ4v) is 3.09. The van der Waals surface area contributed by atoms with E-state index in [1.807, 2.05) is 12.1 Å². The Hall–Kier alpha value is -2.94. The number of phenols is 1. The van der Waals surface area contributed by atoms with Crippen molar-refractivity contribution >= 4 is 23.1 Å². The lowest BCUT2D eigenvalue weighted by atomic mass is 10.1. The molecule has 1 heterocycles. The minimum absolute atomic E-state index is 0.170. The van der Waals surface area contributed by atoms with Gasteiger partial charge in [-0.05, 0) is 48.6 Å². The molecule has 26 heavy (non-hydrogen) atoms. The summed E-state index contributed by atoms with van der Waals surface area (Å²) in [7, 11) is 3.65. The Morgan fingerprint density at radius 2 is 1.81 bits per heavy atom. The van der Waals surface area contributed by atoms with E-state index in [9.17, 15) is 5.11 Å². The second-order valence-electron chi connectivity index (χ2n) is 6.38. The number of unbranched alkanes of at least 4 members (excludes halogenated alkanes) is 2. The first kappa shape index (κ1) is 17.9. The number of fused-ring (bicyclic) bond motifs is 1. The number of methoxy groups -OCH3 is 1. The molecule has 0 aliphatic heterocycles. The average molecular weight is 347 g/mol. The van der Waals surface area contributed by atoms with E-state index in [4.69, 9.17) is 4.74 Å². The lowest BCUT2D eigenvalue weighted by Gasteiger charge is -2.03. The molecular weight excluding hydrogens is 322 g/mol. The number of benzene rings is 2. The molecule has 0 aliphatic rings. The van der Waals surface area contributed by atoms with Crippen LogP contribution >= 0.6 is 0 Å². The van der Waals surface area contributed by atoms with Crippen molar-refractivity contribution in [2.24, 2.45) is 7.05 Å². The van der Waals surface area contributed by atoms with Crippen LogP contribution < -0.4 is 4.74 Å². The topological polar surface area (TPSA) is 34.4 Å². The van der Waals surface area contributed by atoms with E-state index in [2.05, 4.69) is 66.4 Å². The minimum atomic E-state index is 0.170. The number of aromatic hydroxyl groups is 1. The van der Waals surface area contributed by atoms with Crippen LogP contribution in [-0.2, 0) is 7.05 Å². The number of phenolic OH excluding ortho intramolecular Hbond substituents is 1. The van der Waals surface area contributed by atoms with E-state index in [1.165, 1.54) is 16.5 Å². The zero-order valence-corrected chi connectivity index (χ0v) is 15.4. The van der Waals surface area contributed by atoms with Crippen molar-refractivity contribution in [3.05, 3.63) is 71.9 Å². The Morgan fingerprint density at radius 1 is 1.04 bits per heavy atom. The third-order valence-electron chi connectivity index (χ3n) is 4.48. The van der Waals surface area contributed by atoms with Gasteiger partial charge in [0, 0.05) is 24.1 Å². The van der Waals surface area contributed by atoms with Crippen LogP contribution in [-0.4, -0.2) is 16.8 Å². The molecule has 0 atom stereocenters. The van der Waals surface area contributed by atoms with Gasteiger partial charge in [0.25, 0.3) is 0 Å². The molecule has 0 aliphatic carbocycles. The molecule has 0 spiro atoms. The molecule has 1 aromatic heterocycles. The van der Waals surface area contributed by atoms with Crippen molar-refractivity contribution in [3.63, 3.8) is 0 Å². The summed E-state index contributed by atoms with van der Waals surface area (Å²) in [6.07, 6.45) is 14.0. The van der Waals surface area contributed by atoms with E-state index in [-0.39, 0.29) is 5.75 Å². The standard InChI is InChI=1S/C23H25NO2/c1-24-17-19(20-12-8-9-13-21(20)24)11-7-5-3-4-6-10-18-14-15-22(25)23(16-18)26-2/h6-17,25H,3-5H2,1-2H3/b10-6+,11-7+. The highest BCUT2D eigenvalue weighted by molar-refractivity contribution is 5.89. The quantitative estimate of drug-likeness (QED) is 0.549. The van der Waals surface area contributed by atoms with Gasteiger partial charge in [0.2, 0.25) is 0 Å². The summed E-state index contributed by atoms with van der Waals surface area (Å²) in [4.78, 5) is 0. The Bertz CT molecular complexity index is 935. The maximum atomic E-state index is 9.61. The van der Waals surface area contributed by atoms with Gasteiger partial charge in [-0.15, -0.1) is 0 Å². The average Bonchev–Trinajstić information content (AvgIpc) is 2.98. The highest BCUT2D eigenvalue weighted by atomic mass is 16.5. The first-order chi connectivity index (χ1) is 12.7. The lowest BCUT2D eigenvalue weighted by Crippen LogP contribution is -1.84. The summed E-state index contributed by atoms with van der Waals surface area (Å²) in [5.74, 6) is 0.674. The Morgan fingerprint density at radius 3 is 2.62 bits per heavy atom. The van der Waals surface area contributed by atoms with Gasteiger partial charge in [0.1, 0.15) is 0 Å². The van der Waals surface area contributed by atoms with Gasteiger partial charge in [-0.25, -0.2) is 0 Å². The van der Waals surface area contributed by atoms with Gasteiger partial charge < -0.3 is 14.4 Å². The van der Waals surface area contributed by atoms with Gasteiger partial charge in [0.15, 0.2) is 11.5 Å². The SMILES string of the molecule is COc1cc(/C=C/CCC/C=C/c2cn(C)c3ccccc23)ccc1O. The van der Waals surface area contributed by atoms with Crippen LogP contribution in [0.1, 0.15) is 30.4 Å².